The number of nitrogens with one attached hydrogen (secondary N) is 1. The quantitative estimate of drug-likeness (QED) is 0.577. The molecule has 2 atom stereocenters. The molecule has 1 spiro atoms. The average molecular weight is 309 g/mol. The molecule has 118 valence electrons. The van der Waals surface area contributed by atoms with Gasteiger partial charge in [0.1, 0.15) is 0 Å². The maximum atomic E-state index is 11.5. The number of hydrazone groups is 1. The minimum absolute atomic E-state index is 0.00182. The van der Waals surface area contributed by atoms with Gasteiger partial charge < -0.3 is 10.4 Å². The zero-order valence-corrected chi connectivity index (χ0v) is 14.0. The molecule has 3 rings (SSSR count). The van der Waals surface area contributed by atoms with Gasteiger partial charge in [0.15, 0.2) is 10.8 Å². The summed E-state index contributed by atoms with van der Waals surface area (Å²) in [7, 11) is 0. The van der Waals surface area contributed by atoms with Gasteiger partial charge in [0.2, 0.25) is 0 Å². The van der Waals surface area contributed by atoms with E-state index < -0.39 is 5.72 Å². The molecule has 0 radical (unpaired) electrons. The number of nitrogens with zero attached hydrogens (tertiary/aromatic N) is 2. The minimum atomic E-state index is -0.894. The van der Waals surface area contributed by atoms with Crippen molar-refractivity contribution in [3.8, 4) is 0 Å². The van der Waals surface area contributed by atoms with E-state index in [0.29, 0.717) is 5.11 Å². The van der Waals surface area contributed by atoms with Crippen LogP contribution in [-0.2, 0) is 0 Å². The maximum Gasteiger partial charge on any atom is 0.192 e. The largest absolute Gasteiger partial charge is 0.369 e. The van der Waals surface area contributed by atoms with Gasteiger partial charge in [-0.15, -0.1) is 0 Å². The standard InChI is InChI=1S/C16H27N3OS/c1-12(2)18-19-14(21)17-15(9-5-3-6-10-15)13-8-4-7-11-16(13,19)20/h13,20H,3-11H2,1-2H3,(H,17,21)/t13-,16+/m0/s1. The summed E-state index contributed by atoms with van der Waals surface area (Å²) in [6, 6.07) is 0. The van der Waals surface area contributed by atoms with Gasteiger partial charge in [-0.1, -0.05) is 25.7 Å². The third-order valence-electron chi connectivity index (χ3n) is 5.47. The molecule has 0 aromatic heterocycles. The van der Waals surface area contributed by atoms with Gasteiger partial charge in [-0.2, -0.15) is 5.10 Å². The number of thiocarbonyl (C=S) groups is 1. The molecule has 3 fully saturated rings. The lowest BCUT2D eigenvalue weighted by atomic mass is 9.62. The van der Waals surface area contributed by atoms with Crippen LogP contribution < -0.4 is 5.32 Å². The fourth-order valence-electron chi connectivity index (χ4n) is 4.63. The lowest BCUT2D eigenvalue weighted by Crippen LogP contribution is -2.74. The van der Waals surface area contributed by atoms with Crippen molar-refractivity contribution in [3.05, 3.63) is 0 Å². The topological polar surface area (TPSA) is 47.9 Å². The van der Waals surface area contributed by atoms with E-state index in [-0.39, 0.29) is 11.5 Å². The number of aliphatic hydroxyl groups is 1. The van der Waals surface area contributed by atoms with E-state index in [9.17, 15) is 5.11 Å². The van der Waals surface area contributed by atoms with E-state index in [1.165, 1.54) is 25.7 Å². The molecular weight excluding hydrogens is 282 g/mol. The summed E-state index contributed by atoms with van der Waals surface area (Å²) in [5.74, 6) is 0.230. The second kappa shape index (κ2) is 5.51. The van der Waals surface area contributed by atoms with Gasteiger partial charge >= 0.3 is 0 Å². The monoisotopic (exact) mass is 309 g/mol. The molecular formula is C16H27N3OS. The van der Waals surface area contributed by atoms with Crippen molar-refractivity contribution in [2.24, 2.45) is 11.0 Å². The summed E-state index contributed by atoms with van der Waals surface area (Å²) in [6.07, 6.45) is 10.1. The number of hydrogen-bond acceptors (Lipinski definition) is 3. The SMILES string of the molecule is CC(C)=NN1C(=S)NC2(CCCCC2)[C@@H]2CCCC[C@@]21O. The van der Waals surface area contributed by atoms with Crippen molar-refractivity contribution in [2.75, 3.05) is 0 Å². The molecule has 3 aliphatic rings. The van der Waals surface area contributed by atoms with Crippen LogP contribution in [0.5, 0.6) is 0 Å². The highest BCUT2D eigenvalue weighted by Crippen LogP contribution is 2.50. The number of fused-ring (bicyclic) bond motifs is 2. The Morgan fingerprint density at radius 1 is 1.19 bits per heavy atom. The van der Waals surface area contributed by atoms with Crippen LogP contribution in [0.15, 0.2) is 5.10 Å². The van der Waals surface area contributed by atoms with E-state index in [0.717, 1.165) is 37.8 Å². The molecule has 1 saturated heterocycles. The third-order valence-corrected chi connectivity index (χ3v) is 5.75. The highest BCUT2D eigenvalue weighted by molar-refractivity contribution is 7.80. The van der Waals surface area contributed by atoms with Crippen LogP contribution in [-0.4, -0.2) is 32.2 Å². The van der Waals surface area contributed by atoms with Gasteiger partial charge in [-0.05, 0) is 58.2 Å². The Kier molecular flexibility index (Phi) is 3.99. The van der Waals surface area contributed by atoms with Crippen molar-refractivity contribution in [2.45, 2.75) is 82.9 Å². The number of rotatable bonds is 1. The molecule has 0 unspecified atom stereocenters. The summed E-state index contributed by atoms with van der Waals surface area (Å²) in [6.45, 7) is 3.91. The summed E-state index contributed by atoms with van der Waals surface area (Å²) >= 11 is 5.59. The molecule has 4 nitrogen and oxygen atoms in total. The second-order valence-corrected chi connectivity index (χ2v) is 7.57. The maximum absolute atomic E-state index is 11.5. The number of hydrogen-bond donors (Lipinski definition) is 2. The minimum Gasteiger partial charge on any atom is -0.369 e. The van der Waals surface area contributed by atoms with Gasteiger partial charge in [0.05, 0.1) is 0 Å². The molecule has 1 heterocycles. The Labute approximate surface area is 133 Å². The first-order chi connectivity index (χ1) is 9.98. The molecule has 2 aliphatic carbocycles. The molecule has 0 amide bonds. The van der Waals surface area contributed by atoms with Crippen LogP contribution in [0.3, 0.4) is 0 Å². The Hall–Kier alpha value is -0.680. The van der Waals surface area contributed by atoms with Crippen molar-refractivity contribution < 1.29 is 5.11 Å². The summed E-state index contributed by atoms with van der Waals surface area (Å²) in [5.41, 5.74) is 0.0318. The lowest BCUT2D eigenvalue weighted by Gasteiger charge is -2.59. The van der Waals surface area contributed by atoms with E-state index in [1.807, 2.05) is 13.8 Å². The van der Waals surface area contributed by atoms with Crippen LogP contribution in [0.1, 0.15) is 71.6 Å². The molecule has 1 aliphatic heterocycles. The second-order valence-electron chi connectivity index (χ2n) is 7.18. The Balaban J connectivity index is 2.00. The fraction of sp³-hybridized carbons (Fsp3) is 0.875. The van der Waals surface area contributed by atoms with E-state index in [2.05, 4.69) is 10.4 Å². The zero-order chi connectivity index (χ0) is 15.1. The third kappa shape index (κ3) is 2.48. The van der Waals surface area contributed by atoms with Crippen LogP contribution in [0.25, 0.3) is 0 Å². The Morgan fingerprint density at radius 3 is 2.52 bits per heavy atom. The van der Waals surface area contributed by atoms with Gasteiger partial charge in [0.25, 0.3) is 0 Å². The Morgan fingerprint density at radius 2 is 1.86 bits per heavy atom. The fourth-order valence-corrected chi connectivity index (χ4v) is 5.03. The van der Waals surface area contributed by atoms with Crippen molar-refractivity contribution in [3.63, 3.8) is 0 Å². The van der Waals surface area contributed by atoms with Gasteiger partial charge in [-0.25, -0.2) is 5.01 Å². The highest BCUT2D eigenvalue weighted by atomic mass is 32.1. The molecule has 0 aromatic rings. The first-order valence-corrected chi connectivity index (χ1v) is 8.75. The highest BCUT2D eigenvalue weighted by Gasteiger charge is 2.59. The van der Waals surface area contributed by atoms with Crippen LogP contribution in [0, 0.1) is 5.92 Å². The van der Waals surface area contributed by atoms with Crippen LogP contribution in [0.4, 0.5) is 0 Å². The normalized spacial score (nSPS) is 35.1. The van der Waals surface area contributed by atoms with Crippen LogP contribution >= 0.6 is 12.2 Å². The average Bonchev–Trinajstić information content (AvgIpc) is 2.44. The van der Waals surface area contributed by atoms with Crippen molar-refractivity contribution in [1.82, 2.24) is 10.3 Å². The van der Waals surface area contributed by atoms with E-state index in [4.69, 9.17) is 12.2 Å². The summed E-state index contributed by atoms with van der Waals surface area (Å²) in [4.78, 5) is 0. The van der Waals surface area contributed by atoms with E-state index in [1.54, 1.807) is 5.01 Å². The summed E-state index contributed by atoms with van der Waals surface area (Å²) < 4.78 is 0. The lowest BCUT2D eigenvalue weighted by molar-refractivity contribution is -0.181. The predicted octanol–water partition coefficient (Wildman–Crippen LogP) is 3.15. The molecule has 2 saturated carbocycles. The summed E-state index contributed by atoms with van der Waals surface area (Å²) in [5, 5.41) is 21.9. The molecule has 2 N–H and O–H groups in total. The Bertz CT molecular complexity index is 454. The molecule has 0 bridgehead atoms. The first-order valence-electron chi connectivity index (χ1n) is 8.34. The predicted molar refractivity (Wildman–Crippen MR) is 89.1 cm³/mol. The van der Waals surface area contributed by atoms with Crippen LogP contribution in [0.2, 0.25) is 0 Å². The zero-order valence-electron chi connectivity index (χ0n) is 13.2. The smallest absolute Gasteiger partial charge is 0.192 e. The van der Waals surface area contributed by atoms with Gasteiger partial charge in [0, 0.05) is 17.2 Å². The molecule has 21 heavy (non-hydrogen) atoms. The van der Waals surface area contributed by atoms with Crippen molar-refractivity contribution >= 4 is 23.0 Å². The van der Waals surface area contributed by atoms with E-state index >= 15 is 0 Å². The molecule has 0 aromatic carbocycles. The van der Waals surface area contributed by atoms with Gasteiger partial charge in [-0.3, -0.25) is 0 Å². The molecule has 5 heteroatoms. The van der Waals surface area contributed by atoms with Crippen molar-refractivity contribution in [1.29, 1.82) is 0 Å². The first kappa shape index (κ1) is 15.2.